The lowest BCUT2D eigenvalue weighted by atomic mass is 9.83. The van der Waals surface area contributed by atoms with Crippen LogP contribution in [0.1, 0.15) is 57.7 Å². The fourth-order valence-corrected chi connectivity index (χ4v) is 4.37. The highest BCUT2D eigenvalue weighted by Crippen LogP contribution is 2.68. The molecule has 0 radical (unpaired) electrons. The first-order valence-corrected chi connectivity index (χ1v) is 8.64. The molecule has 1 aromatic heterocycles. The highest BCUT2D eigenvalue weighted by molar-refractivity contribution is 5.39. The zero-order valence-electron chi connectivity index (χ0n) is 14.9. The molecule has 4 rings (SSSR count). The van der Waals surface area contributed by atoms with Gasteiger partial charge in [0.25, 0.3) is 0 Å². The Labute approximate surface area is 151 Å². The lowest BCUT2D eigenvalue weighted by Crippen LogP contribution is -3.00. The van der Waals surface area contributed by atoms with Gasteiger partial charge in [0, 0.05) is 18.6 Å². The fourth-order valence-electron chi connectivity index (χ4n) is 4.37. The van der Waals surface area contributed by atoms with Crippen LogP contribution < -0.4 is 17.0 Å². The minimum atomic E-state index is -0.0864. The third kappa shape index (κ3) is 2.39. The number of hydrogen-bond donors (Lipinski definition) is 0. The first-order valence-electron chi connectivity index (χ1n) is 8.64. The Morgan fingerprint density at radius 1 is 1.04 bits per heavy atom. The molecular formula is C21H26ClNO. The average Bonchev–Trinajstić information content (AvgIpc) is 3.04. The van der Waals surface area contributed by atoms with Gasteiger partial charge in [-0.25, -0.2) is 0 Å². The quantitative estimate of drug-likeness (QED) is 0.593. The SMILES string of the molecule is CC(C)(C)c1ccc([C@@]23CC[C@H]([n+]4ccccc4)[C@]2(C)O3)cc1.[Cl-]. The first-order chi connectivity index (χ1) is 10.9. The average molecular weight is 344 g/mol. The second-order valence-corrected chi connectivity index (χ2v) is 8.24. The Hall–Kier alpha value is -1.38. The van der Waals surface area contributed by atoms with Gasteiger partial charge in [-0.3, -0.25) is 0 Å². The molecule has 1 aromatic carbocycles. The third-order valence-corrected chi connectivity index (χ3v) is 5.87. The molecule has 1 saturated heterocycles. The predicted molar refractivity (Wildman–Crippen MR) is 91.2 cm³/mol. The van der Waals surface area contributed by atoms with Crippen LogP contribution in [0, 0.1) is 0 Å². The largest absolute Gasteiger partial charge is 1.00 e. The Morgan fingerprint density at radius 2 is 1.67 bits per heavy atom. The summed E-state index contributed by atoms with van der Waals surface area (Å²) in [5, 5.41) is 0. The number of fused-ring (bicyclic) bond motifs is 1. The van der Waals surface area contributed by atoms with Gasteiger partial charge in [-0.2, -0.15) is 4.57 Å². The van der Waals surface area contributed by atoms with Crippen molar-refractivity contribution in [2.75, 3.05) is 0 Å². The van der Waals surface area contributed by atoms with E-state index in [0.717, 1.165) is 6.42 Å². The molecule has 128 valence electrons. The molecule has 1 aliphatic heterocycles. The molecular weight excluding hydrogens is 318 g/mol. The van der Waals surface area contributed by atoms with Crippen molar-refractivity contribution in [1.82, 2.24) is 0 Å². The van der Waals surface area contributed by atoms with Gasteiger partial charge in [0.15, 0.2) is 24.0 Å². The number of benzene rings is 1. The van der Waals surface area contributed by atoms with Crippen LogP contribution in [0.3, 0.4) is 0 Å². The Kier molecular flexibility index (Phi) is 4.05. The zero-order valence-corrected chi connectivity index (χ0v) is 15.7. The van der Waals surface area contributed by atoms with Crippen LogP contribution in [-0.2, 0) is 15.8 Å². The molecule has 1 aliphatic carbocycles. The van der Waals surface area contributed by atoms with Crippen molar-refractivity contribution in [2.24, 2.45) is 0 Å². The van der Waals surface area contributed by atoms with E-state index in [2.05, 4.69) is 87.1 Å². The van der Waals surface area contributed by atoms with E-state index >= 15 is 0 Å². The van der Waals surface area contributed by atoms with E-state index in [0.29, 0.717) is 6.04 Å². The van der Waals surface area contributed by atoms with Gasteiger partial charge in [-0.15, -0.1) is 0 Å². The van der Waals surface area contributed by atoms with Crippen LogP contribution in [0.15, 0.2) is 54.9 Å². The summed E-state index contributed by atoms with van der Waals surface area (Å²) in [6.45, 7) is 9.06. The van der Waals surface area contributed by atoms with Crippen molar-refractivity contribution in [2.45, 2.75) is 63.2 Å². The van der Waals surface area contributed by atoms with E-state index in [1.807, 2.05) is 0 Å². The van der Waals surface area contributed by atoms with Gasteiger partial charge in [0.05, 0.1) is 0 Å². The fraction of sp³-hybridized carbons (Fsp3) is 0.476. The molecule has 2 aromatic rings. The van der Waals surface area contributed by atoms with E-state index in [4.69, 9.17) is 4.74 Å². The molecule has 2 nitrogen and oxygen atoms in total. The molecule has 3 atom stereocenters. The number of rotatable bonds is 2. The summed E-state index contributed by atoms with van der Waals surface area (Å²) in [4.78, 5) is 0. The van der Waals surface area contributed by atoms with Crippen molar-refractivity contribution in [3.8, 4) is 0 Å². The van der Waals surface area contributed by atoms with Gasteiger partial charge in [0.2, 0.25) is 0 Å². The first kappa shape index (κ1) is 17.4. The molecule has 2 heterocycles. The molecule has 0 spiro atoms. The molecule has 24 heavy (non-hydrogen) atoms. The van der Waals surface area contributed by atoms with Gasteiger partial charge in [-0.05, 0) is 29.9 Å². The molecule has 2 fully saturated rings. The van der Waals surface area contributed by atoms with Gasteiger partial charge < -0.3 is 17.1 Å². The van der Waals surface area contributed by atoms with Crippen LogP contribution >= 0.6 is 0 Å². The molecule has 0 unspecified atom stereocenters. The zero-order chi connectivity index (χ0) is 16.3. The number of epoxide rings is 1. The number of aromatic nitrogens is 1. The maximum absolute atomic E-state index is 6.39. The van der Waals surface area contributed by atoms with E-state index in [1.54, 1.807) is 0 Å². The number of ether oxygens (including phenoxy) is 1. The minimum Gasteiger partial charge on any atom is -1.00 e. The van der Waals surface area contributed by atoms with Gasteiger partial charge in [-0.1, -0.05) is 51.1 Å². The maximum atomic E-state index is 6.39. The lowest BCUT2D eigenvalue weighted by molar-refractivity contribution is -0.728. The van der Waals surface area contributed by atoms with Crippen molar-refractivity contribution < 1.29 is 21.7 Å². The van der Waals surface area contributed by atoms with E-state index in [9.17, 15) is 0 Å². The van der Waals surface area contributed by atoms with Crippen LogP contribution in [-0.4, -0.2) is 5.60 Å². The molecule has 3 heteroatoms. The van der Waals surface area contributed by atoms with E-state index in [-0.39, 0.29) is 29.0 Å². The molecule has 0 amide bonds. The maximum Gasteiger partial charge on any atom is 0.190 e. The standard InChI is InChI=1S/C21H26NO.ClH/c1-19(2,3)16-8-10-17(11-9-16)21-13-12-18(20(21,4)23-21)22-14-6-5-7-15-22;/h5-11,14-15,18H,12-13H2,1-4H3;1H/q+1;/p-1/t18-,20-,21-;/m0./s1. The summed E-state index contributed by atoms with van der Waals surface area (Å²) in [5.74, 6) is 0. The Bertz CT molecular complexity index is 718. The summed E-state index contributed by atoms with van der Waals surface area (Å²) in [5.41, 5.74) is 2.75. The topological polar surface area (TPSA) is 16.4 Å². The minimum absolute atomic E-state index is 0. The second kappa shape index (κ2) is 5.57. The highest BCUT2D eigenvalue weighted by atomic mass is 35.5. The summed E-state index contributed by atoms with van der Waals surface area (Å²) >= 11 is 0. The predicted octanol–water partition coefficient (Wildman–Crippen LogP) is 1.29. The Balaban J connectivity index is 0.00000169. The van der Waals surface area contributed by atoms with Gasteiger partial charge >= 0.3 is 0 Å². The highest BCUT2D eigenvalue weighted by Gasteiger charge is 2.78. The number of nitrogens with zero attached hydrogens (tertiary/aromatic N) is 1. The summed E-state index contributed by atoms with van der Waals surface area (Å²) in [7, 11) is 0. The summed E-state index contributed by atoms with van der Waals surface area (Å²) in [6.07, 6.45) is 6.60. The number of hydrogen-bond acceptors (Lipinski definition) is 1. The number of pyridine rings is 1. The van der Waals surface area contributed by atoms with Crippen LogP contribution in [0.5, 0.6) is 0 Å². The van der Waals surface area contributed by atoms with E-state index < -0.39 is 0 Å². The van der Waals surface area contributed by atoms with Crippen molar-refractivity contribution in [1.29, 1.82) is 0 Å². The molecule has 2 aliphatic rings. The smallest absolute Gasteiger partial charge is 0.190 e. The van der Waals surface area contributed by atoms with Crippen LogP contribution in [0.2, 0.25) is 0 Å². The van der Waals surface area contributed by atoms with Crippen LogP contribution in [0.4, 0.5) is 0 Å². The lowest BCUT2D eigenvalue weighted by Gasteiger charge is -2.20. The molecule has 1 saturated carbocycles. The monoisotopic (exact) mass is 343 g/mol. The number of halogens is 1. The van der Waals surface area contributed by atoms with E-state index in [1.165, 1.54) is 17.5 Å². The third-order valence-electron chi connectivity index (χ3n) is 5.87. The normalized spacial score (nSPS) is 31.2. The Morgan fingerprint density at radius 3 is 2.21 bits per heavy atom. The van der Waals surface area contributed by atoms with Crippen LogP contribution in [0.25, 0.3) is 0 Å². The molecule has 0 bridgehead atoms. The summed E-state index contributed by atoms with van der Waals surface area (Å²) in [6, 6.07) is 15.8. The van der Waals surface area contributed by atoms with Crippen molar-refractivity contribution in [3.63, 3.8) is 0 Å². The summed E-state index contributed by atoms with van der Waals surface area (Å²) < 4.78 is 8.70. The van der Waals surface area contributed by atoms with Crippen molar-refractivity contribution in [3.05, 3.63) is 66.0 Å². The second-order valence-electron chi connectivity index (χ2n) is 8.24. The molecule has 0 N–H and O–H groups in total. The van der Waals surface area contributed by atoms with Crippen molar-refractivity contribution >= 4 is 0 Å². The van der Waals surface area contributed by atoms with Gasteiger partial charge in [0.1, 0.15) is 5.60 Å².